The van der Waals surface area contributed by atoms with Crippen LogP contribution in [0.5, 0.6) is 0 Å². The molecule has 0 aromatic heterocycles. The van der Waals surface area contributed by atoms with Crippen molar-refractivity contribution < 1.29 is 9.59 Å². The van der Waals surface area contributed by atoms with Gasteiger partial charge in [0.1, 0.15) is 0 Å². The van der Waals surface area contributed by atoms with Gasteiger partial charge < -0.3 is 10.6 Å². The highest BCUT2D eigenvalue weighted by atomic mass is 35.5. The molecule has 0 heterocycles. The van der Waals surface area contributed by atoms with E-state index in [0.717, 1.165) is 42.5 Å². The molecule has 1 aliphatic carbocycles. The van der Waals surface area contributed by atoms with Crippen LogP contribution in [0, 0.1) is 5.92 Å². The van der Waals surface area contributed by atoms with Crippen LogP contribution in [0.2, 0.25) is 10.0 Å². The molecular weight excluding hydrogens is 395 g/mol. The van der Waals surface area contributed by atoms with Crippen molar-refractivity contribution in [3.8, 4) is 0 Å². The molecule has 28 heavy (non-hydrogen) atoms. The minimum atomic E-state index is -0.0496. The molecule has 148 valence electrons. The van der Waals surface area contributed by atoms with Gasteiger partial charge in [-0.25, -0.2) is 0 Å². The highest BCUT2D eigenvalue weighted by Crippen LogP contribution is 2.26. The topological polar surface area (TPSA) is 58.2 Å². The monoisotopic (exact) mass is 418 g/mol. The lowest BCUT2D eigenvalue weighted by molar-refractivity contribution is -0.121. The van der Waals surface area contributed by atoms with Crippen molar-refractivity contribution in [1.82, 2.24) is 5.32 Å². The number of halogens is 2. The molecule has 0 radical (unpaired) electrons. The summed E-state index contributed by atoms with van der Waals surface area (Å²) in [6, 6.07) is 12.9. The minimum Gasteiger partial charge on any atom is -0.352 e. The van der Waals surface area contributed by atoms with E-state index in [1.807, 2.05) is 30.3 Å². The number of hydrogen-bond acceptors (Lipinski definition) is 2. The van der Waals surface area contributed by atoms with Crippen molar-refractivity contribution >= 4 is 40.7 Å². The SMILES string of the molecule is O=C(CCc1ccc(Cl)cc1Cl)NCc1cccc(NC(=O)C2CCCC2)c1. The Bertz CT molecular complexity index is 848. The van der Waals surface area contributed by atoms with Crippen LogP contribution in [0.1, 0.15) is 43.2 Å². The minimum absolute atomic E-state index is 0.0496. The second-order valence-electron chi connectivity index (χ2n) is 7.18. The van der Waals surface area contributed by atoms with Crippen LogP contribution in [-0.4, -0.2) is 11.8 Å². The van der Waals surface area contributed by atoms with E-state index < -0.39 is 0 Å². The Morgan fingerprint density at radius 2 is 1.82 bits per heavy atom. The molecule has 0 atom stereocenters. The number of benzene rings is 2. The van der Waals surface area contributed by atoms with Crippen LogP contribution in [0.4, 0.5) is 5.69 Å². The van der Waals surface area contributed by atoms with Gasteiger partial charge in [0, 0.05) is 34.6 Å². The molecule has 0 spiro atoms. The largest absolute Gasteiger partial charge is 0.352 e. The molecule has 2 aromatic carbocycles. The standard InChI is InChI=1S/C22H24Cl2N2O2/c23-18-10-8-16(20(24)13-18)9-11-21(27)25-14-15-4-3-7-19(12-15)26-22(28)17-5-1-2-6-17/h3-4,7-8,10,12-13,17H,1-2,5-6,9,11,14H2,(H,25,27)(H,26,28). The van der Waals surface area contributed by atoms with Crippen LogP contribution >= 0.6 is 23.2 Å². The van der Waals surface area contributed by atoms with Crippen molar-refractivity contribution in [2.75, 3.05) is 5.32 Å². The fourth-order valence-electron chi connectivity index (χ4n) is 3.45. The molecule has 1 aliphatic rings. The first-order chi connectivity index (χ1) is 13.5. The summed E-state index contributed by atoms with van der Waals surface area (Å²) in [4.78, 5) is 24.4. The lowest BCUT2D eigenvalue weighted by Crippen LogP contribution is -2.23. The maximum Gasteiger partial charge on any atom is 0.227 e. The lowest BCUT2D eigenvalue weighted by Gasteiger charge is -2.12. The summed E-state index contributed by atoms with van der Waals surface area (Å²) in [7, 11) is 0. The number of aryl methyl sites for hydroxylation is 1. The van der Waals surface area contributed by atoms with Crippen LogP contribution in [0.15, 0.2) is 42.5 Å². The van der Waals surface area contributed by atoms with Gasteiger partial charge in [0.25, 0.3) is 0 Å². The third kappa shape index (κ3) is 5.98. The second kappa shape index (κ2) is 9.94. The molecule has 0 unspecified atom stereocenters. The van der Waals surface area contributed by atoms with E-state index in [0.29, 0.717) is 29.4 Å². The molecular formula is C22H24Cl2N2O2. The summed E-state index contributed by atoms with van der Waals surface area (Å²) in [6.07, 6.45) is 5.11. The molecule has 1 saturated carbocycles. The number of rotatable bonds is 7. The summed E-state index contributed by atoms with van der Waals surface area (Å²) in [6.45, 7) is 0.417. The number of nitrogens with one attached hydrogen (secondary N) is 2. The van der Waals surface area contributed by atoms with Gasteiger partial charge in [-0.15, -0.1) is 0 Å². The number of anilines is 1. The van der Waals surface area contributed by atoms with Gasteiger partial charge in [-0.05, 0) is 54.7 Å². The quantitative estimate of drug-likeness (QED) is 0.634. The van der Waals surface area contributed by atoms with E-state index in [9.17, 15) is 9.59 Å². The maximum absolute atomic E-state index is 12.3. The fraction of sp³-hybridized carbons (Fsp3) is 0.364. The van der Waals surface area contributed by atoms with Crippen LogP contribution < -0.4 is 10.6 Å². The molecule has 1 fully saturated rings. The average molecular weight is 419 g/mol. The Labute approximate surface area is 175 Å². The van der Waals surface area contributed by atoms with Gasteiger partial charge in [-0.1, -0.05) is 54.2 Å². The molecule has 0 saturated heterocycles. The highest BCUT2D eigenvalue weighted by Gasteiger charge is 2.22. The van der Waals surface area contributed by atoms with Crippen molar-refractivity contribution in [3.63, 3.8) is 0 Å². The predicted octanol–water partition coefficient (Wildman–Crippen LogP) is 5.37. The summed E-state index contributed by atoms with van der Waals surface area (Å²) < 4.78 is 0. The molecule has 2 aromatic rings. The number of carbonyl (C=O) groups excluding carboxylic acids is 2. The molecule has 6 heteroatoms. The van der Waals surface area contributed by atoms with E-state index >= 15 is 0 Å². The zero-order valence-corrected chi connectivity index (χ0v) is 17.2. The molecule has 2 N–H and O–H groups in total. The lowest BCUT2D eigenvalue weighted by atomic mass is 10.1. The summed E-state index contributed by atoms with van der Waals surface area (Å²) >= 11 is 12.0. The van der Waals surface area contributed by atoms with Crippen LogP contribution in [-0.2, 0) is 22.6 Å². The number of amides is 2. The number of hydrogen-bond donors (Lipinski definition) is 2. The summed E-state index contributed by atoms with van der Waals surface area (Å²) in [5, 5.41) is 7.06. The number of carbonyl (C=O) groups is 2. The Morgan fingerprint density at radius 3 is 2.57 bits per heavy atom. The Morgan fingerprint density at radius 1 is 1.04 bits per heavy atom. The van der Waals surface area contributed by atoms with Crippen LogP contribution in [0.25, 0.3) is 0 Å². The van der Waals surface area contributed by atoms with Crippen molar-refractivity contribution in [3.05, 3.63) is 63.6 Å². The first-order valence-electron chi connectivity index (χ1n) is 9.61. The Kier molecular flexibility index (Phi) is 7.35. The zero-order chi connectivity index (χ0) is 19.9. The van der Waals surface area contributed by atoms with E-state index in [2.05, 4.69) is 10.6 Å². The van der Waals surface area contributed by atoms with Gasteiger partial charge >= 0.3 is 0 Å². The van der Waals surface area contributed by atoms with E-state index in [4.69, 9.17) is 23.2 Å². The third-order valence-electron chi connectivity index (χ3n) is 5.05. The van der Waals surface area contributed by atoms with E-state index in [1.54, 1.807) is 12.1 Å². The fourth-order valence-corrected chi connectivity index (χ4v) is 3.96. The zero-order valence-electron chi connectivity index (χ0n) is 15.6. The van der Waals surface area contributed by atoms with Crippen molar-refractivity contribution in [2.45, 2.75) is 45.1 Å². The van der Waals surface area contributed by atoms with E-state index in [-0.39, 0.29) is 17.7 Å². The van der Waals surface area contributed by atoms with Crippen molar-refractivity contribution in [1.29, 1.82) is 0 Å². The summed E-state index contributed by atoms with van der Waals surface area (Å²) in [5.41, 5.74) is 2.62. The Hall–Kier alpha value is -2.04. The summed E-state index contributed by atoms with van der Waals surface area (Å²) in [5.74, 6) is 0.174. The third-order valence-corrected chi connectivity index (χ3v) is 5.63. The van der Waals surface area contributed by atoms with Crippen LogP contribution in [0.3, 0.4) is 0 Å². The van der Waals surface area contributed by atoms with Gasteiger partial charge in [0.15, 0.2) is 0 Å². The van der Waals surface area contributed by atoms with E-state index in [1.165, 1.54) is 0 Å². The Balaban J connectivity index is 1.47. The first kappa shape index (κ1) is 20.7. The predicted molar refractivity (Wildman–Crippen MR) is 114 cm³/mol. The highest BCUT2D eigenvalue weighted by molar-refractivity contribution is 6.35. The molecule has 0 aliphatic heterocycles. The second-order valence-corrected chi connectivity index (χ2v) is 8.03. The van der Waals surface area contributed by atoms with Gasteiger partial charge in [0.2, 0.25) is 11.8 Å². The average Bonchev–Trinajstić information content (AvgIpc) is 3.21. The van der Waals surface area contributed by atoms with Gasteiger partial charge in [0.05, 0.1) is 0 Å². The molecule has 4 nitrogen and oxygen atoms in total. The molecule has 2 amide bonds. The van der Waals surface area contributed by atoms with Gasteiger partial charge in [-0.3, -0.25) is 9.59 Å². The van der Waals surface area contributed by atoms with Crippen molar-refractivity contribution in [2.24, 2.45) is 5.92 Å². The smallest absolute Gasteiger partial charge is 0.227 e. The van der Waals surface area contributed by atoms with Gasteiger partial charge in [-0.2, -0.15) is 0 Å². The molecule has 0 bridgehead atoms. The normalized spacial score (nSPS) is 14.1. The first-order valence-corrected chi connectivity index (χ1v) is 10.4. The molecule has 3 rings (SSSR count). The maximum atomic E-state index is 12.3.